The number of amides is 3. The third-order valence-corrected chi connectivity index (χ3v) is 11.6. The first-order valence-electron chi connectivity index (χ1n) is 13.7. The van der Waals surface area contributed by atoms with Gasteiger partial charge in [-0.05, 0) is 55.0 Å². The molecule has 1 aromatic heterocycles. The van der Waals surface area contributed by atoms with Crippen LogP contribution in [0, 0.1) is 5.92 Å². The predicted octanol–water partition coefficient (Wildman–Crippen LogP) is 4.49. The Balaban J connectivity index is 1.06. The molecule has 2 unspecified atom stereocenters. The Morgan fingerprint density at radius 1 is 1.02 bits per heavy atom. The third-order valence-electron chi connectivity index (χ3n) is 7.84. The summed E-state index contributed by atoms with van der Waals surface area (Å²) >= 11 is 13.5. The molecular formula is C29H32Cl2N4O5S2. The molecule has 2 aliphatic rings. The monoisotopic (exact) mass is 650 g/mol. The van der Waals surface area contributed by atoms with Crippen LogP contribution in [0.3, 0.4) is 0 Å². The number of carbonyl (C=O) groups excluding carboxylic acids is 3. The Bertz CT molecular complexity index is 1600. The number of piperazine rings is 1. The summed E-state index contributed by atoms with van der Waals surface area (Å²) in [7, 11) is -3.97. The molecule has 224 valence electrons. The van der Waals surface area contributed by atoms with Crippen molar-refractivity contribution in [1.82, 2.24) is 19.4 Å². The van der Waals surface area contributed by atoms with Crippen molar-refractivity contribution in [1.29, 1.82) is 0 Å². The second-order valence-electron chi connectivity index (χ2n) is 11.0. The molecule has 3 atom stereocenters. The number of benzene rings is 2. The molecule has 2 aromatic carbocycles. The van der Waals surface area contributed by atoms with Crippen LogP contribution in [-0.4, -0.2) is 85.1 Å². The lowest BCUT2D eigenvalue weighted by molar-refractivity contribution is -0.141. The number of nitrogens with zero attached hydrogens (tertiary/aromatic N) is 3. The van der Waals surface area contributed by atoms with Crippen LogP contribution < -0.4 is 5.32 Å². The average molecular weight is 652 g/mol. The number of fused-ring (bicyclic) bond motifs is 1. The van der Waals surface area contributed by atoms with Gasteiger partial charge in [-0.2, -0.15) is 4.31 Å². The summed E-state index contributed by atoms with van der Waals surface area (Å²) in [6, 6.07) is 13.9. The van der Waals surface area contributed by atoms with Gasteiger partial charge in [-0.15, -0.1) is 11.3 Å². The summed E-state index contributed by atoms with van der Waals surface area (Å²) < 4.78 is 28.5. The van der Waals surface area contributed by atoms with E-state index in [1.807, 2.05) is 37.3 Å². The summed E-state index contributed by atoms with van der Waals surface area (Å²) in [5, 5.41) is 4.32. The highest BCUT2D eigenvalue weighted by Gasteiger charge is 2.62. The first-order valence-corrected chi connectivity index (χ1v) is 16.7. The third kappa shape index (κ3) is 6.30. The van der Waals surface area contributed by atoms with Gasteiger partial charge in [0, 0.05) is 55.4 Å². The van der Waals surface area contributed by atoms with E-state index in [1.165, 1.54) is 29.5 Å². The van der Waals surface area contributed by atoms with Crippen molar-refractivity contribution in [2.75, 3.05) is 39.3 Å². The summed E-state index contributed by atoms with van der Waals surface area (Å²) in [4.78, 5) is 42.7. The van der Waals surface area contributed by atoms with Gasteiger partial charge >= 0.3 is 0 Å². The number of nitrogens with one attached hydrogen (secondary N) is 1. The van der Waals surface area contributed by atoms with E-state index in [0.717, 1.165) is 14.4 Å². The van der Waals surface area contributed by atoms with E-state index in [-0.39, 0.29) is 40.1 Å². The second kappa shape index (κ2) is 12.1. The van der Waals surface area contributed by atoms with Crippen LogP contribution in [0.1, 0.15) is 36.4 Å². The van der Waals surface area contributed by atoms with Crippen LogP contribution in [0.2, 0.25) is 10.0 Å². The van der Waals surface area contributed by atoms with E-state index in [1.54, 1.807) is 16.7 Å². The molecule has 0 saturated carbocycles. The van der Waals surface area contributed by atoms with Crippen LogP contribution >= 0.6 is 34.5 Å². The molecule has 0 spiro atoms. The van der Waals surface area contributed by atoms with Gasteiger partial charge in [0.15, 0.2) is 0 Å². The van der Waals surface area contributed by atoms with Gasteiger partial charge in [-0.3, -0.25) is 14.4 Å². The Kier molecular flexibility index (Phi) is 8.87. The maximum Gasteiger partial charge on any atom is 0.261 e. The lowest BCUT2D eigenvalue weighted by Gasteiger charge is -2.36. The van der Waals surface area contributed by atoms with Gasteiger partial charge < -0.3 is 15.1 Å². The van der Waals surface area contributed by atoms with Gasteiger partial charge in [0.2, 0.25) is 21.8 Å². The van der Waals surface area contributed by atoms with Crippen molar-refractivity contribution < 1.29 is 22.8 Å². The smallest absolute Gasteiger partial charge is 0.261 e. The van der Waals surface area contributed by atoms with E-state index >= 15 is 0 Å². The van der Waals surface area contributed by atoms with E-state index in [9.17, 15) is 22.8 Å². The van der Waals surface area contributed by atoms with Crippen LogP contribution in [0.15, 0.2) is 53.4 Å². The van der Waals surface area contributed by atoms with E-state index < -0.39 is 15.6 Å². The van der Waals surface area contributed by atoms with Crippen molar-refractivity contribution in [2.45, 2.75) is 37.1 Å². The molecule has 2 saturated heterocycles. The van der Waals surface area contributed by atoms with E-state index in [0.29, 0.717) is 55.5 Å². The molecule has 13 heteroatoms. The fourth-order valence-corrected chi connectivity index (χ4v) is 8.71. The highest BCUT2D eigenvalue weighted by molar-refractivity contribution is 7.89. The molecule has 0 radical (unpaired) electrons. The molecule has 0 bridgehead atoms. The summed E-state index contributed by atoms with van der Waals surface area (Å²) in [5.41, 5.74) is -1.19. The quantitative estimate of drug-likeness (QED) is 0.344. The van der Waals surface area contributed by atoms with Crippen LogP contribution in [-0.2, 0) is 19.6 Å². The van der Waals surface area contributed by atoms with Gasteiger partial charge in [0.05, 0.1) is 9.90 Å². The highest BCUT2D eigenvalue weighted by Crippen LogP contribution is 2.42. The lowest BCUT2D eigenvalue weighted by atomic mass is 10.0. The summed E-state index contributed by atoms with van der Waals surface area (Å²) in [5.74, 6) is -0.318. The zero-order valence-electron chi connectivity index (χ0n) is 23.3. The van der Waals surface area contributed by atoms with Gasteiger partial charge in [0.1, 0.15) is 10.4 Å². The van der Waals surface area contributed by atoms with Crippen molar-refractivity contribution >= 4 is 72.4 Å². The molecule has 3 amide bonds. The first kappa shape index (κ1) is 30.7. The molecule has 0 aliphatic carbocycles. The molecular weight excluding hydrogens is 619 g/mol. The highest BCUT2D eigenvalue weighted by atomic mass is 35.5. The minimum absolute atomic E-state index is 0.00382. The Hall–Kier alpha value is -2.70. The number of carbonyl (C=O) groups is 3. The lowest BCUT2D eigenvalue weighted by Crippen LogP contribution is -2.54. The molecule has 9 nitrogen and oxygen atoms in total. The largest absolute Gasteiger partial charge is 0.351 e. The number of halogens is 2. The van der Waals surface area contributed by atoms with Crippen molar-refractivity contribution in [3.05, 3.63) is 63.5 Å². The predicted molar refractivity (Wildman–Crippen MR) is 164 cm³/mol. The van der Waals surface area contributed by atoms with Crippen LogP contribution in [0.5, 0.6) is 0 Å². The fraction of sp³-hybridized carbons (Fsp3) is 0.414. The molecule has 2 aliphatic heterocycles. The normalized spacial score (nSPS) is 21.3. The van der Waals surface area contributed by atoms with E-state index in [4.69, 9.17) is 23.2 Å². The molecule has 5 rings (SSSR count). The maximum atomic E-state index is 13.3. The number of sulfonamides is 1. The molecule has 3 aromatic rings. The summed E-state index contributed by atoms with van der Waals surface area (Å²) in [6.07, 6.45) is 1.01. The molecule has 2 fully saturated rings. The van der Waals surface area contributed by atoms with Crippen LogP contribution in [0.25, 0.3) is 10.1 Å². The standard InChI is InChI=1S/C29H32Cl2N4O5S2/c1-19(9-10-32-27(37)24-16-20-5-3-4-6-23(20)41-24)15-26(36)33-11-13-34(14-12-33)28(38)29(2)18-35(29)42(39,40)25-8-7-21(30)17-22(25)31/h3-8,16-17,19H,9-15,18H2,1-2H3,(H,32,37)/t19?,29-,35?/m1/s1. The van der Waals surface area contributed by atoms with Gasteiger partial charge in [0.25, 0.3) is 5.91 Å². The Morgan fingerprint density at radius 2 is 1.71 bits per heavy atom. The SMILES string of the molecule is CC(CCNC(=O)c1cc2ccccc2s1)CC(=O)N1CCN(C(=O)[C@@]2(C)CN2S(=O)(=O)c2ccc(Cl)cc2Cl)CC1. The van der Waals surface area contributed by atoms with Crippen molar-refractivity contribution in [3.8, 4) is 0 Å². The van der Waals surface area contributed by atoms with Gasteiger partial charge in [-0.25, -0.2) is 8.42 Å². The summed E-state index contributed by atoms with van der Waals surface area (Å²) in [6.45, 7) is 5.54. The van der Waals surface area contributed by atoms with Crippen LogP contribution in [0.4, 0.5) is 0 Å². The minimum Gasteiger partial charge on any atom is -0.351 e. The average Bonchev–Trinajstić information content (AvgIpc) is 3.48. The first-order chi connectivity index (χ1) is 19.9. The van der Waals surface area contributed by atoms with Crippen molar-refractivity contribution in [3.63, 3.8) is 0 Å². The number of thiophene rings is 1. The number of hydrogen-bond acceptors (Lipinski definition) is 6. The Labute approximate surface area is 259 Å². The zero-order chi connectivity index (χ0) is 30.2. The minimum atomic E-state index is -3.97. The Morgan fingerprint density at radius 3 is 2.40 bits per heavy atom. The zero-order valence-corrected chi connectivity index (χ0v) is 26.5. The topological polar surface area (TPSA) is 107 Å². The number of rotatable bonds is 9. The number of hydrogen-bond donors (Lipinski definition) is 1. The second-order valence-corrected chi connectivity index (χ2v) is 14.8. The van der Waals surface area contributed by atoms with Crippen molar-refractivity contribution in [2.24, 2.45) is 5.92 Å². The van der Waals surface area contributed by atoms with E-state index in [2.05, 4.69) is 5.32 Å². The molecule has 3 heterocycles. The van der Waals surface area contributed by atoms with Gasteiger partial charge in [-0.1, -0.05) is 48.3 Å². The molecule has 1 N–H and O–H groups in total. The fourth-order valence-electron chi connectivity index (χ4n) is 5.21. The maximum absolute atomic E-state index is 13.3. The molecule has 42 heavy (non-hydrogen) atoms.